The smallest absolute Gasteiger partial charge is 0.185 e. The van der Waals surface area contributed by atoms with E-state index in [1.807, 2.05) is 0 Å². The molecule has 3 heteroatoms. The molecule has 0 aromatic heterocycles. The highest BCUT2D eigenvalue weighted by Gasteiger charge is 2.48. The van der Waals surface area contributed by atoms with Crippen LogP contribution in [0.2, 0.25) is 19.6 Å². The van der Waals surface area contributed by atoms with Gasteiger partial charge in [0.15, 0.2) is 8.32 Å². The van der Waals surface area contributed by atoms with E-state index in [2.05, 4.69) is 25.7 Å². The molecule has 96 valence electrons. The summed E-state index contributed by atoms with van der Waals surface area (Å²) in [7, 11) is -1.61. The fourth-order valence-corrected chi connectivity index (χ4v) is 5.10. The van der Waals surface area contributed by atoms with Crippen LogP contribution in [0.1, 0.15) is 44.9 Å². The van der Waals surface area contributed by atoms with Crippen LogP contribution < -0.4 is 0 Å². The van der Waals surface area contributed by atoms with E-state index in [1.165, 1.54) is 32.1 Å². The Labute approximate surface area is 106 Å². The van der Waals surface area contributed by atoms with Crippen LogP contribution >= 0.6 is 0 Å². The Morgan fingerprint density at radius 3 is 2.00 bits per heavy atom. The molecule has 0 saturated heterocycles. The number of nitrogens with zero attached hydrogens (tertiary/aromatic N) is 1. The van der Waals surface area contributed by atoms with Crippen molar-refractivity contribution in [2.24, 2.45) is 11.8 Å². The molecular weight excluding hydrogens is 226 g/mol. The Hall–Kier alpha value is -0.333. The minimum absolute atomic E-state index is 0.433. The Balaban J connectivity index is 2.09. The first kappa shape index (κ1) is 13.1. The molecule has 2 aliphatic carbocycles. The maximum atomic E-state index is 9.54. The molecule has 0 N–H and O–H groups in total. The maximum absolute atomic E-state index is 9.54. The molecule has 2 rings (SSSR count). The van der Waals surface area contributed by atoms with Gasteiger partial charge in [0.1, 0.15) is 5.60 Å². The summed E-state index contributed by atoms with van der Waals surface area (Å²) >= 11 is 0. The molecule has 0 heterocycles. The van der Waals surface area contributed by atoms with Crippen molar-refractivity contribution in [2.75, 3.05) is 0 Å². The first-order valence-electron chi connectivity index (χ1n) is 7.06. The Morgan fingerprint density at radius 2 is 1.59 bits per heavy atom. The van der Waals surface area contributed by atoms with Crippen LogP contribution in [-0.4, -0.2) is 13.9 Å². The molecule has 0 radical (unpaired) electrons. The van der Waals surface area contributed by atoms with Gasteiger partial charge < -0.3 is 4.43 Å². The quantitative estimate of drug-likeness (QED) is 0.692. The normalized spacial score (nSPS) is 32.6. The van der Waals surface area contributed by atoms with Gasteiger partial charge in [-0.3, -0.25) is 0 Å². The lowest BCUT2D eigenvalue weighted by atomic mass is 9.92. The van der Waals surface area contributed by atoms with E-state index >= 15 is 0 Å². The van der Waals surface area contributed by atoms with Gasteiger partial charge in [0.05, 0.1) is 6.07 Å². The highest BCUT2D eigenvalue weighted by molar-refractivity contribution is 6.69. The molecule has 2 atom stereocenters. The number of fused-ring (bicyclic) bond motifs is 1. The Bertz CT molecular complexity index is 301. The first-order valence-corrected chi connectivity index (χ1v) is 10.5. The van der Waals surface area contributed by atoms with Crippen molar-refractivity contribution in [1.82, 2.24) is 0 Å². The van der Waals surface area contributed by atoms with E-state index in [-0.39, 0.29) is 0 Å². The topological polar surface area (TPSA) is 33.0 Å². The van der Waals surface area contributed by atoms with Crippen molar-refractivity contribution in [3.8, 4) is 6.07 Å². The van der Waals surface area contributed by atoms with E-state index in [0.29, 0.717) is 0 Å². The predicted molar refractivity (Wildman–Crippen MR) is 72.1 cm³/mol. The molecule has 2 fully saturated rings. The predicted octanol–water partition coefficient (Wildman–Crippen LogP) is 4.09. The van der Waals surface area contributed by atoms with Crippen LogP contribution in [-0.2, 0) is 4.43 Å². The first-order chi connectivity index (χ1) is 7.94. The third-order valence-corrected chi connectivity index (χ3v) is 5.21. The molecule has 0 aromatic carbocycles. The van der Waals surface area contributed by atoms with Gasteiger partial charge in [-0.15, -0.1) is 0 Å². The monoisotopic (exact) mass is 251 g/mol. The van der Waals surface area contributed by atoms with E-state index in [9.17, 15) is 5.26 Å². The highest BCUT2D eigenvalue weighted by atomic mass is 28.4. The summed E-state index contributed by atoms with van der Waals surface area (Å²) in [6, 6.07) is 2.52. The van der Waals surface area contributed by atoms with Crippen molar-refractivity contribution in [3.05, 3.63) is 0 Å². The van der Waals surface area contributed by atoms with Gasteiger partial charge in [0.25, 0.3) is 0 Å². The summed E-state index contributed by atoms with van der Waals surface area (Å²) in [6.07, 6.45) is 8.75. The average molecular weight is 251 g/mol. The van der Waals surface area contributed by atoms with Crippen LogP contribution in [0.15, 0.2) is 0 Å². The van der Waals surface area contributed by atoms with Crippen LogP contribution in [0.25, 0.3) is 0 Å². The lowest BCUT2D eigenvalue weighted by Crippen LogP contribution is -2.40. The van der Waals surface area contributed by atoms with Crippen LogP contribution in [0.5, 0.6) is 0 Å². The van der Waals surface area contributed by atoms with E-state index in [1.54, 1.807) is 0 Å². The van der Waals surface area contributed by atoms with Crippen molar-refractivity contribution in [3.63, 3.8) is 0 Å². The van der Waals surface area contributed by atoms with Crippen LogP contribution in [0.3, 0.4) is 0 Å². The second-order valence-electron chi connectivity index (χ2n) is 6.89. The number of hydrogen-bond donors (Lipinski definition) is 0. The van der Waals surface area contributed by atoms with Gasteiger partial charge in [-0.2, -0.15) is 5.26 Å². The second kappa shape index (κ2) is 4.74. The molecule has 0 aromatic rings. The van der Waals surface area contributed by atoms with Crippen LogP contribution in [0, 0.1) is 23.2 Å². The molecule has 0 aliphatic heterocycles. The third kappa shape index (κ3) is 3.11. The van der Waals surface area contributed by atoms with Gasteiger partial charge in [-0.05, 0) is 44.3 Å². The number of rotatable bonds is 2. The van der Waals surface area contributed by atoms with Crippen molar-refractivity contribution in [2.45, 2.75) is 70.2 Å². The van der Waals surface area contributed by atoms with Gasteiger partial charge >= 0.3 is 0 Å². The molecule has 2 aliphatic rings. The standard InChI is InChI=1S/C14H25NOSi/c1-17(2,3)16-14(11-15)9-12-7-5-4-6-8-13(12)10-14/h12-13H,4-10H2,1-3H3/t12-,13-/m1/s1. The van der Waals surface area contributed by atoms with Gasteiger partial charge in [0, 0.05) is 0 Å². The molecule has 2 nitrogen and oxygen atoms in total. The number of nitriles is 1. The molecule has 17 heavy (non-hydrogen) atoms. The lowest BCUT2D eigenvalue weighted by Gasteiger charge is -2.30. The summed E-state index contributed by atoms with van der Waals surface area (Å²) in [6.45, 7) is 6.58. The molecule has 0 spiro atoms. The van der Waals surface area contributed by atoms with Crippen molar-refractivity contribution < 1.29 is 4.43 Å². The molecule has 2 saturated carbocycles. The maximum Gasteiger partial charge on any atom is 0.185 e. The minimum Gasteiger partial charge on any atom is -0.400 e. The van der Waals surface area contributed by atoms with Gasteiger partial charge in [0.2, 0.25) is 0 Å². The molecular formula is C14H25NOSi. The summed E-state index contributed by atoms with van der Waals surface area (Å²) in [5.74, 6) is 1.52. The average Bonchev–Trinajstić information content (AvgIpc) is 2.41. The molecule has 0 amide bonds. The fourth-order valence-electron chi connectivity index (χ4n) is 3.71. The highest BCUT2D eigenvalue weighted by Crippen LogP contribution is 2.48. The Kier molecular flexibility index (Phi) is 3.65. The largest absolute Gasteiger partial charge is 0.400 e. The Morgan fingerprint density at radius 1 is 1.06 bits per heavy atom. The SMILES string of the molecule is C[Si](C)(C)OC1(C#N)C[C@H]2CCCCC[C@@H]2C1. The summed E-state index contributed by atoms with van der Waals surface area (Å²) in [5.41, 5.74) is -0.433. The third-order valence-electron chi connectivity index (χ3n) is 4.21. The lowest BCUT2D eigenvalue weighted by molar-refractivity contribution is 0.118. The van der Waals surface area contributed by atoms with Crippen molar-refractivity contribution >= 4 is 8.32 Å². The fraction of sp³-hybridized carbons (Fsp3) is 0.929. The summed E-state index contributed by atoms with van der Waals surface area (Å²) in [5, 5.41) is 9.54. The number of hydrogen-bond acceptors (Lipinski definition) is 2. The zero-order chi connectivity index (χ0) is 12.5. The summed E-state index contributed by atoms with van der Waals surface area (Å²) in [4.78, 5) is 0. The van der Waals surface area contributed by atoms with Gasteiger partial charge in [-0.1, -0.05) is 32.1 Å². The zero-order valence-corrected chi connectivity index (χ0v) is 12.5. The van der Waals surface area contributed by atoms with E-state index < -0.39 is 13.9 Å². The second-order valence-corrected chi connectivity index (χ2v) is 11.3. The van der Waals surface area contributed by atoms with Crippen molar-refractivity contribution in [1.29, 1.82) is 5.26 Å². The van der Waals surface area contributed by atoms with E-state index in [4.69, 9.17) is 4.43 Å². The summed E-state index contributed by atoms with van der Waals surface area (Å²) < 4.78 is 6.25. The van der Waals surface area contributed by atoms with Gasteiger partial charge in [-0.25, -0.2) is 0 Å². The molecule has 0 bridgehead atoms. The minimum atomic E-state index is -1.61. The zero-order valence-electron chi connectivity index (χ0n) is 11.5. The molecule has 0 unspecified atom stereocenters. The van der Waals surface area contributed by atoms with Crippen LogP contribution in [0.4, 0.5) is 0 Å². The van der Waals surface area contributed by atoms with E-state index in [0.717, 1.165) is 24.7 Å².